The van der Waals surface area contributed by atoms with Gasteiger partial charge in [0.05, 0.1) is 6.10 Å². The van der Waals surface area contributed by atoms with Gasteiger partial charge in [0.2, 0.25) is 0 Å². The first kappa shape index (κ1) is 17.5. The molecule has 0 amide bonds. The van der Waals surface area contributed by atoms with E-state index < -0.39 is 0 Å². The van der Waals surface area contributed by atoms with E-state index in [1.165, 1.54) is 11.1 Å². The number of piperidine rings is 1. The molecule has 0 saturated carbocycles. The molecule has 1 unspecified atom stereocenters. The molecule has 1 aromatic carbocycles. The average molecular weight is 304 g/mol. The molecule has 1 fully saturated rings. The largest absolute Gasteiger partial charge is 0.393 e. The van der Waals surface area contributed by atoms with Gasteiger partial charge in [-0.1, -0.05) is 45.0 Å². The molecule has 1 aliphatic rings. The van der Waals surface area contributed by atoms with E-state index >= 15 is 0 Å². The van der Waals surface area contributed by atoms with Crippen molar-refractivity contribution in [2.45, 2.75) is 65.8 Å². The monoisotopic (exact) mass is 304 g/mol. The van der Waals surface area contributed by atoms with Gasteiger partial charge < -0.3 is 10.4 Å². The van der Waals surface area contributed by atoms with Gasteiger partial charge in [-0.3, -0.25) is 4.90 Å². The minimum absolute atomic E-state index is 0.0965. The highest BCUT2D eigenvalue weighted by molar-refractivity contribution is 5.27. The van der Waals surface area contributed by atoms with Crippen molar-refractivity contribution in [3.05, 3.63) is 35.4 Å². The first-order valence-corrected chi connectivity index (χ1v) is 8.57. The third-order valence-corrected chi connectivity index (χ3v) is 4.97. The van der Waals surface area contributed by atoms with Gasteiger partial charge in [-0.2, -0.15) is 0 Å². The molecule has 2 N–H and O–H groups in total. The van der Waals surface area contributed by atoms with Gasteiger partial charge in [0, 0.05) is 32.2 Å². The number of benzene rings is 1. The Kier molecular flexibility index (Phi) is 6.01. The lowest BCUT2D eigenvalue weighted by atomic mass is 9.88. The SMILES string of the molecule is CC(NCc1ccccc1CN1CCC(O)CC1)C(C)(C)C. The van der Waals surface area contributed by atoms with E-state index in [4.69, 9.17) is 0 Å². The number of hydrogen-bond acceptors (Lipinski definition) is 3. The summed E-state index contributed by atoms with van der Waals surface area (Å²) in [5, 5.41) is 13.3. The van der Waals surface area contributed by atoms with E-state index in [0.717, 1.165) is 39.0 Å². The third kappa shape index (κ3) is 5.08. The fourth-order valence-electron chi connectivity index (χ4n) is 2.77. The zero-order chi connectivity index (χ0) is 16.2. The van der Waals surface area contributed by atoms with Crippen LogP contribution in [0.25, 0.3) is 0 Å². The van der Waals surface area contributed by atoms with Crippen LogP contribution in [0.5, 0.6) is 0 Å². The topological polar surface area (TPSA) is 35.5 Å². The fraction of sp³-hybridized carbons (Fsp3) is 0.684. The summed E-state index contributed by atoms with van der Waals surface area (Å²) in [5.41, 5.74) is 3.08. The summed E-state index contributed by atoms with van der Waals surface area (Å²) in [4.78, 5) is 2.46. The summed E-state index contributed by atoms with van der Waals surface area (Å²) in [5.74, 6) is 0. The molecule has 1 heterocycles. The van der Waals surface area contributed by atoms with Crippen LogP contribution in [0, 0.1) is 5.41 Å². The minimum Gasteiger partial charge on any atom is -0.393 e. The van der Waals surface area contributed by atoms with Crippen LogP contribution in [0.2, 0.25) is 0 Å². The molecule has 3 heteroatoms. The van der Waals surface area contributed by atoms with Gasteiger partial charge in [0.1, 0.15) is 0 Å². The number of hydrogen-bond donors (Lipinski definition) is 2. The molecular weight excluding hydrogens is 272 g/mol. The van der Waals surface area contributed by atoms with Crippen LogP contribution in [0.1, 0.15) is 51.7 Å². The summed E-state index contributed by atoms with van der Waals surface area (Å²) >= 11 is 0. The molecule has 0 spiro atoms. The second kappa shape index (κ2) is 7.58. The van der Waals surface area contributed by atoms with E-state index in [-0.39, 0.29) is 11.5 Å². The molecule has 1 saturated heterocycles. The Morgan fingerprint density at radius 3 is 2.36 bits per heavy atom. The van der Waals surface area contributed by atoms with Crippen LogP contribution in [-0.4, -0.2) is 35.2 Å². The van der Waals surface area contributed by atoms with E-state index in [1.807, 2.05) is 0 Å². The normalized spacial score (nSPS) is 19.3. The number of likely N-dealkylation sites (tertiary alicyclic amines) is 1. The fourth-order valence-corrected chi connectivity index (χ4v) is 2.77. The number of aliphatic hydroxyl groups excluding tert-OH is 1. The molecule has 22 heavy (non-hydrogen) atoms. The Morgan fingerprint density at radius 1 is 1.18 bits per heavy atom. The van der Waals surface area contributed by atoms with E-state index in [2.05, 4.69) is 62.2 Å². The summed E-state index contributed by atoms with van der Waals surface area (Å²) < 4.78 is 0. The van der Waals surface area contributed by atoms with Gasteiger partial charge in [-0.15, -0.1) is 0 Å². The molecule has 0 aromatic heterocycles. The van der Waals surface area contributed by atoms with Crippen molar-refractivity contribution in [1.82, 2.24) is 10.2 Å². The Bertz CT molecular complexity index is 459. The molecule has 0 radical (unpaired) electrons. The highest BCUT2D eigenvalue weighted by Gasteiger charge is 2.20. The van der Waals surface area contributed by atoms with E-state index in [0.29, 0.717) is 6.04 Å². The van der Waals surface area contributed by atoms with Gasteiger partial charge in [0.25, 0.3) is 0 Å². The van der Waals surface area contributed by atoms with Crippen molar-refractivity contribution in [2.75, 3.05) is 13.1 Å². The molecule has 1 aromatic rings. The smallest absolute Gasteiger partial charge is 0.0564 e. The maximum atomic E-state index is 9.63. The van der Waals surface area contributed by atoms with Crippen LogP contribution in [0.15, 0.2) is 24.3 Å². The third-order valence-electron chi connectivity index (χ3n) is 4.97. The van der Waals surface area contributed by atoms with Crippen LogP contribution in [-0.2, 0) is 13.1 Å². The Labute approximate surface area is 135 Å². The van der Waals surface area contributed by atoms with Gasteiger partial charge in [-0.25, -0.2) is 0 Å². The van der Waals surface area contributed by atoms with Crippen molar-refractivity contribution in [2.24, 2.45) is 5.41 Å². The number of rotatable bonds is 5. The van der Waals surface area contributed by atoms with E-state index in [9.17, 15) is 5.11 Å². The van der Waals surface area contributed by atoms with Crippen LogP contribution in [0.4, 0.5) is 0 Å². The van der Waals surface area contributed by atoms with Crippen molar-refractivity contribution in [3.63, 3.8) is 0 Å². The maximum Gasteiger partial charge on any atom is 0.0564 e. The Morgan fingerprint density at radius 2 is 1.77 bits per heavy atom. The summed E-state index contributed by atoms with van der Waals surface area (Å²) in [7, 11) is 0. The second-order valence-corrected chi connectivity index (χ2v) is 7.74. The number of nitrogens with zero attached hydrogens (tertiary/aromatic N) is 1. The summed E-state index contributed by atoms with van der Waals surface area (Å²) in [6.07, 6.45) is 1.71. The molecule has 1 aliphatic heterocycles. The molecule has 124 valence electrons. The average Bonchev–Trinajstić information content (AvgIpc) is 2.47. The quantitative estimate of drug-likeness (QED) is 0.877. The Hall–Kier alpha value is -0.900. The lowest BCUT2D eigenvalue weighted by Gasteiger charge is -2.31. The van der Waals surface area contributed by atoms with Crippen molar-refractivity contribution in [3.8, 4) is 0 Å². The second-order valence-electron chi connectivity index (χ2n) is 7.74. The highest BCUT2D eigenvalue weighted by Crippen LogP contribution is 2.20. The predicted molar refractivity (Wildman–Crippen MR) is 92.7 cm³/mol. The van der Waals surface area contributed by atoms with Crippen molar-refractivity contribution < 1.29 is 5.11 Å². The minimum atomic E-state index is -0.0965. The maximum absolute atomic E-state index is 9.63. The predicted octanol–water partition coefficient (Wildman–Crippen LogP) is 3.17. The zero-order valence-corrected chi connectivity index (χ0v) is 14.6. The first-order chi connectivity index (χ1) is 10.4. The van der Waals surface area contributed by atoms with Gasteiger partial charge >= 0.3 is 0 Å². The summed E-state index contributed by atoms with van der Waals surface area (Å²) in [6, 6.07) is 9.21. The molecule has 3 nitrogen and oxygen atoms in total. The molecule has 1 atom stereocenters. The van der Waals surface area contributed by atoms with Crippen LogP contribution in [0.3, 0.4) is 0 Å². The van der Waals surface area contributed by atoms with Gasteiger partial charge in [-0.05, 0) is 36.3 Å². The van der Waals surface area contributed by atoms with Gasteiger partial charge in [0.15, 0.2) is 0 Å². The highest BCUT2D eigenvalue weighted by atomic mass is 16.3. The van der Waals surface area contributed by atoms with Crippen molar-refractivity contribution in [1.29, 1.82) is 0 Å². The molecule has 0 bridgehead atoms. The Balaban J connectivity index is 1.95. The number of aliphatic hydroxyl groups is 1. The molecular formula is C19H32N2O. The van der Waals surface area contributed by atoms with Crippen LogP contribution < -0.4 is 5.32 Å². The molecule has 2 rings (SSSR count). The number of nitrogens with one attached hydrogen (secondary N) is 1. The zero-order valence-electron chi connectivity index (χ0n) is 14.6. The van der Waals surface area contributed by atoms with Crippen molar-refractivity contribution >= 4 is 0 Å². The van der Waals surface area contributed by atoms with E-state index in [1.54, 1.807) is 0 Å². The van der Waals surface area contributed by atoms with Crippen LogP contribution >= 0.6 is 0 Å². The standard InChI is InChI=1S/C19H32N2O/c1-15(19(2,3)4)20-13-16-7-5-6-8-17(16)14-21-11-9-18(22)10-12-21/h5-8,15,18,20,22H,9-14H2,1-4H3. The lowest BCUT2D eigenvalue weighted by molar-refractivity contribution is 0.0791. The molecule has 0 aliphatic carbocycles. The first-order valence-electron chi connectivity index (χ1n) is 8.57. The lowest BCUT2D eigenvalue weighted by Crippen LogP contribution is -2.38. The summed E-state index contributed by atoms with van der Waals surface area (Å²) in [6.45, 7) is 13.0.